The monoisotopic (exact) mass is 497 g/mol. The molecule has 0 bridgehead atoms. The van der Waals surface area contributed by atoms with Crippen molar-refractivity contribution >= 4 is 40.6 Å². The number of carbonyl (C=O) groups excluding carboxylic acids is 2. The molecule has 2 N–H and O–H groups in total. The number of anilines is 5. The quantitative estimate of drug-likeness (QED) is 0.564. The highest BCUT2D eigenvalue weighted by atomic mass is 16.2. The van der Waals surface area contributed by atoms with E-state index in [0.717, 1.165) is 69.1 Å². The largest absolute Gasteiger partial charge is 0.336 e. The molecule has 3 aromatic rings. The molecule has 3 heterocycles. The first kappa shape index (κ1) is 23.4. The predicted molar refractivity (Wildman–Crippen MR) is 144 cm³/mol. The number of hydrogen-bond donors (Lipinski definition) is 2. The SMILES string of the molecule is CN1C(=O)c2ccccc2N(C2CCCC2)c2nc(Nc3ccc(C(=O)N4CCNCC4)cc3)ncc21. The van der Waals surface area contributed by atoms with Gasteiger partial charge in [-0.05, 0) is 49.2 Å². The van der Waals surface area contributed by atoms with Crippen molar-refractivity contribution in [1.82, 2.24) is 20.2 Å². The van der Waals surface area contributed by atoms with E-state index in [1.807, 2.05) is 53.4 Å². The van der Waals surface area contributed by atoms with Gasteiger partial charge >= 0.3 is 0 Å². The summed E-state index contributed by atoms with van der Waals surface area (Å²) in [5.74, 6) is 1.16. The predicted octanol–water partition coefficient (Wildman–Crippen LogP) is 3.94. The molecule has 0 radical (unpaired) electrons. The molecule has 0 unspecified atom stereocenters. The lowest BCUT2D eigenvalue weighted by Crippen LogP contribution is -2.46. The van der Waals surface area contributed by atoms with Crippen LogP contribution < -0.4 is 20.4 Å². The minimum Gasteiger partial charge on any atom is -0.336 e. The number of aromatic nitrogens is 2. The molecule has 37 heavy (non-hydrogen) atoms. The summed E-state index contributed by atoms with van der Waals surface area (Å²) in [5, 5.41) is 6.57. The van der Waals surface area contributed by atoms with E-state index in [0.29, 0.717) is 22.8 Å². The van der Waals surface area contributed by atoms with E-state index < -0.39 is 0 Å². The third-order valence-corrected chi connectivity index (χ3v) is 7.52. The highest BCUT2D eigenvalue weighted by Gasteiger charge is 2.35. The molecule has 1 saturated heterocycles. The molecule has 0 atom stereocenters. The minimum atomic E-state index is -0.0635. The van der Waals surface area contributed by atoms with Gasteiger partial charge in [-0.25, -0.2) is 4.98 Å². The average Bonchev–Trinajstić information content (AvgIpc) is 3.45. The van der Waals surface area contributed by atoms with Crippen molar-refractivity contribution in [2.24, 2.45) is 0 Å². The highest BCUT2D eigenvalue weighted by molar-refractivity contribution is 6.13. The summed E-state index contributed by atoms with van der Waals surface area (Å²) >= 11 is 0. The van der Waals surface area contributed by atoms with E-state index in [4.69, 9.17) is 4.98 Å². The summed E-state index contributed by atoms with van der Waals surface area (Å²) in [6.45, 7) is 3.09. The van der Waals surface area contributed by atoms with Crippen LogP contribution in [-0.4, -0.2) is 66.0 Å². The standard InChI is InChI=1S/C28H31N7O2/c1-33-24-18-30-28(31-20-12-10-19(11-13-20)26(36)34-16-14-29-15-17-34)32-25(24)35(21-6-2-3-7-21)23-9-5-4-8-22(23)27(33)37/h4-5,8-13,18,21,29H,2-3,6-7,14-17H2,1H3,(H,30,31,32). The first-order chi connectivity index (χ1) is 18.1. The van der Waals surface area contributed by atoms with Crippen LogP contribution in [0, 0.1) is 0 Å². The van der Waals surface area contributed by atoms with Gasteiger partial charge in [0.25, 0.3) is 11.8 Å². The Bertz CT molecular complexity index is 1310. The summed E-state index contributed by atoms with van der Waals surface area (Å²) in [7, 11) is 1.78. The third kappa shape index (κ3) is 4.40. The number of nitrogens with one attached hydrogen (secondary N) is 2. The van der Waals surface area contributed by atoms with Crippen molar-refractivity contribution in [2.45, 2.75) is 31.7 Å². The van der Waals surface area contributed by atoms with Crippen LogP contribution in [0.4, 0.5) is 28.8 Å². The molecule has 2 fully saturated rings. The number of amides is 2. The zero-order valence-electron chi connectivity index (χ0n) is 21.0. The molecule has 1 aromatic heterocycles. The number of benzene rings is 2. The van der Waals surface area contributed by atoms with Gasteiger partial charge in [0.2, 0.25) is 5.95 Å². The molecule has 190 valence electrons. The van der Waals surface area contributed by atoms with Gasteiger partial charge in [-0.2, -0.15) is 4.98 Å². The van der Waals surface area contributed by atoms with E-state index >= 15 is 0 Å². The fourth-order valence-electron chi connectivity index (χ4n) is 5.52. The van der Waals surface area contributed by atoms with Gasteiger partial charge in [-0.3, -0.25) is 9.59 Å². The van der Waals surface area contributed by atoms with Gasteiger partial charge in [-0.1, -0.05) is 25.0 Å². The Morgan fingerprint density at radius 2 is 1.73 bits per heavy atom. The van der Waals surface area contributed by atoms with Crippen molar-refractivity contribution in [3.63, 3.8) is 0 Å². The van der Waals surface area contributed by atoms with Crippen LogP contribution in [0.1, 0.15) is 46.4 Å². The van der Waals surface area contributed by atoms with Gasteiger partial charge in [0.1, 0.15) is 5.69 Å². The van der Waals surface area contributed by atoms with Crippen molar-refractivity contribution in [1.29, 1.82) is 0 Å². The van der Waals surface area contributed by atoms with Crippen molar-refractivity contribution in [3.05, 3.63) is 65.9 Å². The minimum absolute atomic E-state index is 0.0490. The molecule has 3 aliphatic rings. The number of nitrogens with zero attached hydrogens (tertiary/aromatic N) is 5. The Labute approximate surface area is 216 Å². The first-order valence-corrected chi connectivity index (χ1v) is 13.0. The normalized spacial score (nSPS) is 17.9. The number of carbonyl (C=O) groups is 2. The lowest BCUT2D eigenvalue weighted by molar-refractivity contribution is 0.0735. The fourth-order valence-corrected chi connectivity index (χ4v) is 5.52. The molecule has 1 saturated carbocycles. The maximum absolute atomic E-state index is 13.3. The van der Waals surface area contributed by atoms with Crippen LogP contribution in [0.25, 0.3) is 0 Å². The zero-order chi connectivity index (χ0) is 25.4. The second-order valence-electron chi connectivity index (χ2n) is 9.84. The molecule has 2 aromatic carbocycles. The van der Waals surface area contributed by atoms with Gasteiger partial charge in [0, 0.05) is 50.5 Å². The average molecular weight is 498 g/mol. The maximum atomic E-state index is 13.3. The Kier molecular flexibility index (Phi) is 6.21. The molecular formula is C28H31N7O2. The van der Waals surface area contributed by atoms with Crippen LogP contribution >= 0.6 is 0 Å². The summed E-state index contributed by atoms with van der Waals surface area (Å²) < 4.78 is 0. The second kappa shape index (κ2) is 9.82. The van der Waals surface area contributed by atoms with E-state index in [9.17, 15) is 9.59 Å². The topological polar surface area (TPSA) is 93.7 Å². The maximum Gasteiger partial charge on any atom is 0.260 e. The Morgan fingerprint density at radius 3 is 2.49 bits per heavy atom. The van der Waals surface area contributed by atoms with Crippen LogP contribution in [0.5, 0.6) is 0 Å². The first-order valence-electron chi connectivity index (χ1n) is 13.0. The Morgan fingerprint density at radius 1 is 1.00 bits per heavy atom. The van der Waals surface area contributed by atoms with Crippen LogP contribution in [-0.2, 0) is 0 Å². The molecule has 6 rings (SSSR count). The molecular weight excluding hydrogens is 466 g/mol. The number of para-hydroxylation sites is 1. The lowest BCUT2D eigenvalue weighted by atomic mass is 10.1. The molecule has 9 nitrogen and oxygen atoms in total. The smallest absolute Gasteiger partial charge is 0.260 e. The van der Waals surface area contributed by atoms with Crippen LogP contribution in [0.3, 0.4) is 0 Å². The van der Waals surface area contributed by atoms with Crippen LogP contribution in [0.15, 0.2) is 54.7 Å². The van der Waals surface area contributed by atoms with Crippen molar-refractivity contribution in [2.75, 3.05) is 48.3 Å². The Hall–Kier alpha value is -3.98. The fraction of sp³-hybridized carbons (Fsp3) is 0.357. The highest BCUT2D eigenvalue weighted by Crippen LogP contribution is 2.43. The van der Waals surface area contributed by atoms with Crippen molar-refractivity contribution in [3.8, 4) is 0 Å². The van der Waals surface area contributed by atoms with E-state index in [1.165, 1.54) is 0 Å². The summed E-state index contributed by atoms with van der Waals surface area (Å²) in [5.41, 5.74) is 3.72. The molecule has 0 spiro atoms. The number of rotatable bonds is 4. The molecule has 2 aliphatic heterocycles. The molecule has 1 aliphatic carbocycles. The summed E-state index contributed by atoms with van der Waals surface area (Å²) in [6, 6.07) is 15.5. The zero-order valence-corrected chi connectivity index (χ0v) is 21.0. The number of hydrogen-bond acceptors (Lipinski definition) is 7. The van der Waals surface area contributed by atoms with Gasteiger partial charge in [-0.15, -0.1) is 0 Å². The third-order valence-electron chi connectivity index (χ3n) is 7.52. The van der Waals surface area contributed by atoms with Gasteiger partial charge < -0.3 is 25.3 Å². The molecule has 2 amide bonds. The number of piperazine rings is 1. The Balaban J connectivity index is 1.31. The molecule has 9 heteroatoms. The number of fused-ring (bicyclic) bond motifs is 2. The van der Waals surface area contributed by atoms with Gasteiger partial charge in [0.05, 0.1) is 17.4 Å². The van der Waals surface area contributed by atoms with Crippen molar-refractivity contribution < 1.29 is 9.59 Å². The van der Waals surface area contributed by atoms with E-state index in [-0.39, 0.29) is 17.9 Å². The lowest BCUT2D eigenvalue weighted by Gasteiger charge is -2.31. The summed E-state index contributed by atoms with van der Waals surface area (Å²) in [4.78, 5) is 41.4. The second-order valence-corrected chi connectivity index (χ2v) is 9.84. The summed E-state index contributed by atoms with van der Waals surface area (Å²) in [6.07, 6.45) is 6.16. The van der Waals surface area contributed by atoms with Gasteiger partial charge in [0.15, 0.2) is 5.82 Å². The van der Waals surface area contributed by atoms with E-state index in [2.05, 4.69) is 20.5 Å². The van der Waals surface area contributed by atoms with Crippen LogP contribution in [0.2, 0.25) is 0 Å². The van der Waals surface area contributed by atoms with E-state index in [1.54, 1.807) is 18.1 Å².